The molecule has 10 aromatic carbocycles. The van der Waals surface area contributed by atoms with E-state index in [0.717, 1.165) is 86.7 Å². The number of aromatic hydroxyl groups is 4. The molecule has 0 bridgehead atoms. The predicted molar refractivity (Wildman–Crippen MR) is 609 cm³/mol. The second-order valence-electron chi connectivity index (χ2n) is 39.3. The molecular formula is C129H184O16S. The van der Waals surface area contributed by atoms with Gasteiger partial charge in [0.1, 0.15) is 63.1 Å². The van der Waals surface area contributed by atoms with E-state index in [-0.39, 0.29) is 48.6 Å². The summed E-state index contributed by atoms with van der Waals surface area (Å²) in [5, 5.41) is 37.9. The van der Waals surface area contributed by atoms with Crippen molar-refractivity contribution < 1.29 is 77.4 Å². The normalized spacial score (nSPS) is 14.0. The summed E-state index contributed by atoms with van der Waals surface area (Å²) in [4.78, 5) is 34.1. The van der Waals surface area contributed by atoms with E-state index in [1.165, 1.54) is 120 Å². The van der Waals surface area contributed by atoms with Crippen LogP contribution >= 0.6 is 11.3 Å². The largest absolute Gasteiger partial charge is 0.508 e. The van der Waals surface area contributed by atoms with Crippen molar-refractivity contribution in [3.05, 3.63) is 333 Å². The van der Waals surface area contributed by atoms with E-state index in [4.69, 9.17) is 63.1 Å². The highest BCUT2D eigenvalue weighted by Gasteiger charge is 2.21. The summed E-state index contributed by atoms with van der Waals surface area (Å²) < 4.78 is 49.6. The standard InChI is InChI=1S/C20H32O2.C19H24O4S.C19H24O2.C12H16O2.4C10H14O.C10H14.C9H18O2/c1-4-16(2)19-10-12-20(13-11-19)22-17(3)21-15-14-18-8-6-5-7-9-18;1-4-14(2)16-7-9-17(10-8-16)23-15(3)21-11-12-22-19(20)18-6-5-13-24-18;1-4-15(2)18-10-12-19(13-11-18)21-16(3)20-14-17-8-6-5-7-9-17;1-4-9(2)11-5-7-12(8-6-11)14-10(3)13;4*1-3-8(2)9-4-6-10(11)7-5-9;1-3-9(2)10-7-5-4-6-8-10;1-6-7(2)8(10)11-9(3,4)5/h10-13,16-18H,4-9,14-15H2,1-3H3;5-10,13-15H,4,11-12H2,1-3H3;5-13,15-16H,4,14H2,1-3H3;5-9H,4H2,1-3H3;4*4-8,11H,3H2,1-2H3;4-9H,3H2,1-2H3;7H,6H2,1-5H3. The van der Waals surface area contributed by atoms with Crippen LogP contribution in [0.1, 0.15) is 408 Å². The van der Waals surface area contributed by atoms with E-state index in [1.807, 2.05) is 194 Å². The molecule has 0 aliphatic heterocycles. The number of phenols is 4. The first-order chi connectivity index (χ1) is 69.8. The molecule has 11 aromatic rings. The van der Waals surface area contributed by atoms with Gasteiger partial charge in [-0.25, -0.2) is 4.79 Å². The maximum atomic E-state index is 11.7. The van der Waals surface area contributed by atoms with Gasteiger partial charge >= 0.3 is 17.9 Å². The lowest BCUT2D eigenvalue weighted by Gasteiger charge is -2.22. The molecule has 802 valence electrons. The number of carbonyl (C=O) groups is 3. The van der Waals surface area contributed by atoms with Crippen LogP contribution in [0, 0.1) is 11.8 Å². The fourth-order valence-electron chi connectivity index (χ4n) is 14.5. The second-order valence-corrected chi connectivity index (χ2v) is 40.2. The van der Waals surface area contributed by atoms with Gasteiger partial charge in [-0.2, -0.15) is 0 Å². The fraction of sp³-hybridized carbons (Fsp3) is 0.481. The van der Waals surface area contributed by atoms with Gasteiger partial charge in [-0.1, -0.05) is 334 Å². The number of carbonyl (C=O) groups excluding carboxylic acids is 3. The Hall–Kier alpha value is -11.2. The molecule has 1 fully saturated rings. The number of hydrogen-bond donors (Lipinski definition) is 4. The highest BCUT2D eigenvalue weighted by Crippen LogP contribution is 2.32. The molecular weight excluding hydrogens is 1840 g/mol. The van der Waals surface area contributed by atoms with E-state index in [0.29, 0.717) is 100 Å². The number of rotatable bonds is 39. The maximum absolute atomic E-state index is 11.7. The Labute approximate surface area is 885 Å². The molecule has 0 amide bonds. The van der Waals surface area contributed by atoms with Crippen LogP contribution in [0.3, 0.4) is 0 Å². The summed E-state index contributed by atoms with van der Waals surface area (Å²) in [6.45, 7) is 58.1. The van der Waals surface area contributed by atoms with Gasteiger partial charge in [0.25, 0.3) is 0 Å². The third-order valence-corrected chi connectivity index (χ3v) is 27.3. The van der Waals surface area contributed by atoms with Gasteiger partial charge in [-0.15, -0.1) is 11.3 Å². The fourth-order valence-corrected chi connectivity index (χ4v) is 15.1. The molecule has 13 atom stereocenters. The molecule has 0 saturated heterocycles. The van der Waals surface area contributed by atoms with Crippen LogP contribution in [-0.4, -0.2) is 82.6 Å². The molecule has 1 heterocycles. The smallest absolute Gasteiger partial charge is 0.348 e. The van der Waals surface area contributed by atoms with Gasteiger partial charge in [0, 0.05) is 6.92 Å². The quantitative estimate of drug-likeness (QED) is 0.0122. The molecule has 1 aliphatic rings. The van der Waals surface area contributed by atoms with Crippen molar-refractivity contribution in [2.75, 3.05) is 19.8 Å². The van der Waals surface area contributed by atoms with E-state index < -0.39 is 6.29 Å². The summed E-state index contributed by atoms with van der Waals surface area (Å²) >= 11 is 1.36. The van der Waals surface area contributed by atoms with Crippen molar-refractivity contribution in [1.82, 2.24) is 0 Å². The lowest BCUT2D eigenvalue weighted by atomic mass is 9.87. The van der Waals surface area contributed by atoms with Crippen molar-refractivity contribution in [3.8, 4) is 46.0 Å². The Morgan fingerprint density at radius 2 is 0.603 bits per heavy atom. The highest BCUT2D eigenvalue weighted by molar-refractivity contribution is 7.12. The number of thiophene rings is 1. The van der Waals surface area contributed by atoms with Crippen LogP contribution in [0.4, 0.5) is 0 Å². The highest BCUT2D eigenvalue weighted by atomic mass is 32.1. The third kappa shape index (κ3) is 56.1. The van der Waals surface area contributed by atoms with Crippen molar-refractivity contribution >= 4 is 29.2 Å². The Balaban J connectivity index is 0.000000424. The van der Waals surface area contributed by atoms with Crippen molar-refractivity contribution in [1.29, 1.82) is 0 Å². The molecule has 17 heteroatoms. The molecule has 146 heavy (non-hydrogen) atoms. The zero-order valence-corrected chi connectivity index (χ0v) is 94.6. The van der Waals surface area contributed by atoms with E-state index >= 15 is 0 Å². The lowest BCUT2D eigenvalue weighted by molar-refractivity contribution is -0.159. The first kappa shape index (κ1) is 129. The Bertz CT molecular complexity index is 4880. The van der Waals surface area contributed by atoms with E-state index in [1.54, 1.807) is 54.6 Å². The SMILES string of the molecule is CCC(C)C(=O)OC(C)(C)C.CCC(C)c1ccc(O)cc1.CCC(C)c1ccc(O)cc1.CCC(C)c1ccc(O)cc1.CCC(C)c1ccc(O)cc1.CCC(C)c1ccc(OC(C)=O)cc1.CCC(C)c1ccc(OC(C)OCCC2CCCCC2)cc1.CCC(C)c1ccc(OC(C)OCCOC(=O)c2cccs2)cc1.CCC(C)c1ccc(OC(C)OCc2ccccc2)cc1.CCC(C)c1ccccc1. The zero-order chi connectivity index (χ0) is 108. The van der Waals surface area contributed by atoms with E-state index in [9.17, 15) is 14.4 Å². The van der Waals surface area contributed by atoms with Gasteiger partial charge in [-0.05, 0) is 335 Å². The van der Waals surface area contributed by atoms with Crippen LogP contribution in [0.5, 0.6) is 46.0 Å². The molecule has 1 aliphatic carbocycles. The summed E-state index contributed by atoms with van der Waals surface area (Å²) in [6.07, 6.45) is 18.5. The molecule has 1 aromatic heterocycles. The molecule has 1 saturated carbocycles. The first-order valence-electron chi connectivity index (χ1n) is 53.9. The number of esters is 3. The van der Waals surface area contributed by atoms with Crippen LogP contribution < -0.4 is 18.9 Å². The Morgan fingerprint density at radius 3 is 0.884 bits per heavy atom. The first-order valence-corrected chi connectivity index (χ1v) is 54.7. The van der Waals surface area contributed by atoms with Crippen LogP contribution in [-0.2, 0) is 39.9 Å². The summed E-state index contributed by atoms with van der Waals surface area (Å²) in [5.41, 5.74) is 12.8. The third-order valence-electron chi connectivity index (χ3n) is 26.4. The van der Waals surface area contributed by atoms with Gasteiger partial charge in [0.15, 0.2) is 18.9 Å². The van der Waals surface area contributed by atoms with Crippen molar-refractivity contribution in [3.63, 3.8) is 0 Å². The molecule has 12 rings (SSSR count). The average Bonchev–Trinajstić information content (AvgIpc) is 1.06. The van der Waals surface area contributed by atoms with Gasteiger partial charge in [0.2, 0.25) is 0 Å². The van der Waals surface area contributed by atoms with Crippen LogP contribution in [0.2, 0.25) is 0 Å². The van der Waals surface area contributed by atoms with Crippen LogP contribution in [0.15, 0.2) is 272 Å². The second kappa shape index (κ2) is 74.6. The summed E-state index contributed by atoms with van der Waals surface area (Å²) in [5.74, 6) is 10.1. The maximum Gasteiger partial charge on any atom is 0.348 e. The van der Waals surface area contributed by atoms with Gasteiger partial charge in [-0.3, -0.25) is 9.59 Å². The minimum atomic E-state index is -0.403. The van der Waals surface area contributed by atoms with Crippen molar-refractivity contribution in [2.24, 2.45) is 11.8 Å². The zero-order valence-electron chi connectivity index (χ0n) is 93.8. The number of hydrogen-bond acceptors (Lipinski definition) is 17. The monoisotopic (exact) mass is 2020 g/mol. The Kier molecular flexibility index (Phi) is 65.9. The molecule has 0 spiro atoms. The van der Waals surface area contributed by atoms with Crippen LogP contribution in [0.25, 0.3) is 0 Å². The van der Waals surface area contributed by atoms with Gasteiger partial charge in [0.05, 0.1) is 25.7 Å². The number of benzene rings is 10. The average molecular weight is 2020 g/mol. The number of phenolic OH excluding ortho intramolecular Hbond substituents is 4. The molecule has 4 N–H and O–H groups in total. The molecule has 16 nitrogen and oxygen atoms in total. The summed E-state index contributed by atoms with van der Waals surface area (Å²) in [6, 6.07) is 86.5. The molecule has 0 radical (unpaired) electrons. The van der Waals surface area contributed by atoms with Crippen molar-refractivity contribution in [2.45, 2.75) is 374 Å². The minimum absolute atomic E-state index is 0.0224. The Morgan fingerprint density at radius 1 is 0.322 bits per heavy atom. The predicted octanol–water partition coefficient (Wildman–Crippen LogP) is 36.2. The summed E-state index contributed by atoms with van der Waals surface area (Å²) in [7, 11) is 0. The van der Waals surface area contributed by atoms with E-state index in [2.05, 4.69) is 203 Å². The topological polar surface area (TPSA) is 215 Å². The lowest BCUT2D eigenvalue weighted by Crippen LogP contribution is -2.27. The molecule has 13 unspecified atom stereocenters. The minimum Gasteiger partial charge on any atom is -0.508 e. The van der Waals surface area contributed by atoms with Gasteiger partial charge < -0.3 is 63.1 Å². The number of ether oxygens (including phenoxy) is 9.